The van der Waals surface area contributed by atoms with Crippen LogP contribution in [0.1, 0.15) is 38.2 Å². The first-order chi connectivity index (χ1) is 12.5. The van der Waals surface area contributed by atoms with Crippen molar-refractivity contribution in [3.63, 3.8) is 0 Å². The summed E-state index contributed by atoms with van der Waals surface area (Å²) in [7, 11) is 0. The van der Waals surface area contributed by atoms with Crippen molar-refractivity contribution in [3.05, 3.63) is 40.3 Å². The highest BCUT2D eigenvalue weighted by Gasteiger charge is 2.20. The molecule has 0 unspecified atom stereocenters. The van der Waals surface area contributed by atoms with Gasteiger partial charge in [0.05, 0.1) is 18.4 Å². The van der Waals surface area contributed by atoms with Crippen LogP contribution >= 0.6 is 11.8 Å². The summed E-state index contributed by atoms with van der Waals surface area (Å²) in [5, 5.41) is 9.96. The number of nitrogens with zero attached hydrogens (tertiary/aromatic N) is 2. The molecule has 1 fully saturated rings. The van der Waals surface area contributed by atoms with Gasteiger partial charge in [0.1, 0.15) is 0 Å². The number of H-pyrrole nitrogens is 1. The molecule has 1 aromatic heterocycles. The third kappa shape index (κ3) is 4.56. The number of ether oxygens (including phenoxy) is 1. The molecule has 2 N–H and O–H groups in total. The topological polar surface area (TPSA) is 89.0 Å². The van der Waals surface area contributed by atoms with Crippen molar-refractivity contribution in [3.8, 4) is 0 Å². The van der Waals surface area contributed by atoms with Gasteiger partial charge in [-0.3, -0.25) is 9.36 Å². The lowest BCUT2D eigenvalue weighted by Gasteiger charge is -2.14. The molecule has 1 aliphatic rings. The molecule has 1 aliphatic heterocycles. The van der Waals surface area contributed by atoms with E-state index >= 15 is 0 Å². The Morgan fingerprint density at radius 3 is 3.00 bits per heavy atom. The number of aromatic amines is 1. The Balaban J connectivity index is 1.61. The fourth-order valence-electron chi connectivity index (χ4n) is 3.00. The summed E-state index contributed by atoms with van der Waals surface area (Å²) in [5.41, 5.74) is 1.65. The minimum absolute atomic E-state index is 0.0383. The summed E-state index contributed by atoms with van der Waals surface area (Å²) in [6.07, 6.45) is 1.99. The fraction of sp³-hybridized carbons (Fsp3) is 0.500. The maximum Gasteiger partial charge on any atom is 0.344 e. The van der Waals surface area contributed by atoms with Gasteiger partial charge in [0.15, 0.2) is 5.16 Å². The fourth-order valence-corrected chi connectivity index (χ4v) is 3.75. The summed E-state index contributed by atoms with van der Waals surface area (Å²) >= 11 is 1.25. The normalized spacial score (nSPS) is 17.0. The largest absolute Gasteiger partial charge is 0.376 e. The number of para-hydroxylation sites is 1. The van der Waals surface area contributed by atoms with E-state index in [1.807, 2.05) is 24.3 Å². The van der Waals surface area contributed by atoms with Gasteiger partial charge in [-0.25, -0.2) is 9.89 Å². The lowest BCUT2D eigenvalue weighted by molar-refractivity contribution is -0.113. The zero-order chi connectivity index (χ0) is 18.5. The van der Waals surface area contributed by atoms with E-state index in [9.17, 15) is 9.59 Å². The van der Waals surface area contributed by atoms with Gasteiger partial charge in [-0.2, -0.15) is 0 Å². The molecule has 26 heavy (non-hydrogen) atoms. The highest BCUT2D eigenvalue weighted by molar-refractivity contribution is 7.99. The lowest BCUT2D eigenvalue weighted by atomic mass is 10.0. The summed E-state index contributed by atoms with van der Waals surface area (Å²) in [4.78, 5) is 24.3. The van der Waals surface area contributed by atoms with Crippen LogP contribution < -0.4 is 11.0 Å². The number of amides is 1. The number of anilines is 1. The van der Waals surface area contributed by atoms with E-state index in [4.69, 9.17) is 4.74 Å². The van der Waals surface area contributed by atoms with Gasteiger partial charge in [-0.05, 0) is 30.4 Å². The Morgan fingerprint density at radius 2 is 2.27 bits per heavy atom. The molecule has 0 bridgehead atoms. The molecule has 1 saturated heterocycles. The summed E-state index contributed by atoms with van der Waals surface area (Å²) in [6, 6.07) is 7.79. The van der Waals surface area contributed by atoms with Gasteiger partial charge in [-0.1, -0.05) is 43.8 Å². The van der Waals surface area contributed by atoms with Crippen LogP contribution in [0.2, 0.25) is 0 Å². The smallest absolute Gasteiger partial charge is 0.344 e. The molecule has 1 aromatic carbocycles. The van der Waals surface area contributed by atoms with Gasteiger partial charge in [0, 0.05) is 12.3 Å². The number of benzene rings is 1. The van der Waals surface area contributed by atoms with E-state index < -0.39 is 0 Å². The van der Waals surface area contributed by atoms with Crippen molar-refractivity contribution in [2.75, 3.05) is 17.7 Å². The molecular weight excluding hydrogens is 352 g/mol. The summed E-state index contributed by atoms with van der Waals surface area (Å²) < 4.78 is 7.14. The van der Waals surface area contributed by atoms with E-state index in [1.54, 1.807) is 4.57 Å². The average Bonchev–Trinajstić information content (AvgIpc) is 3.25. The molecule has 2 aromatic rings. The second-order valence-corrected chi connectivity index (χ2v) is 7.58. The van der Waals surface area contributed by atoms with E-state index in [-0.39, 0.29) is 23.5 Å². The van der Waals surface area contributed by atoms with Gasteiger partial charge < -0.3 is 10.1 Å². The minimum Gasteiger partial charge on any atom is -0.376 e. The summed E-state index contributed by atoms with van der Waals surface area (Å²) in [5.74, 6) is 0.381. The van der Waals surface area contributed by atoms with E-state index in [0.717, 1.165) is 30.7 Å². The van der Waals surface area contributed by atoms with Crippen molar-refractivity contribution in [1.29, 1.82) is 0 Å². The third-order valence-electron chi connectivity index (χ3n) is 4.32. The maximum atomic E-state index is 12.3. The van der Waals surface area contributed by atoms with E-state index in [0.29, 0.717) is 17.6 Å². The Bertz CT molecular complexity index is 809. The quantitative estimate of drug-likeness (QED) is 0.725. The number of rotatable bonds is 7. The van der Waals surface area contributed by atoms with Crippen molar-refractivity contribution in [1.82, 2.24) is 14.8 Å². The zero-order valence-corrected chi connectivity index (χ0v) is 15.8. The second-order valence-electron chi connectivity index (χ2n) is 6.64. The lowest BCUT2D eigenvalue weighted by Crippen LogP contribution is -2.25. The van der Waals surface area contributed by atoms with Crippen LogP contribution in [0.5, 0.6) is 0 Å². The molecule has 8 heteroatoms. The molecule has 2 heterocycles. The zero-order valence-electron chi connectivity index (χ0n) is 15.0. The predicted molar refractivity (Wildman–Crippen MR) is 102 cm³/mol. The molecule has 0 saturated carbocycles. The number of carbonyl (C=O) groups is 1. The van der Waals surface area contributed by atoms with E-state index in [1.165, 1.54) is 11.8 Å². The molecule has 1 atom stereocenters. The van der Waals surface area contributed by atoms with Crippen LogP contribution in [0.15, 0.2) is 34.2 Å². The van der Waals surface area contributed by atoms with Gasteiger partial charge in [0.25, 0.3) is 0 Å². The summed E-state index contributed by atoms with van der Waals surface area (Å²) in [6.45, 7) is 5.38. The van der Waals surface area contributed by atoms with Crippen LogP contribution in [0.25, 0.3) is 0 Å². The Hall–Kier alpha value is -2.06. The highest BCUT2D eigenvalue weighted by atomic mass is 32.2. The van der Waals surface area contributed by atoms with E-state index in [2.05, 4.69) is 29.4 Å². The standard InChI is InChI=1S/C18H24N4O3S/c1-12(2)14-7-3-4-8-15(14)19-16(23)11-26-18-21-20-17(24)22(18)10-13-6-5-9-25-13/h3-4,7-8,12-13H,5-6,9-11H2,1-2H3,(H,19,23)(H,20,24)/t13-/m0/s1. The van der Waals surface area contributed by atoms with Crippen molar-refractivity contribution < 1.29 is 9.53 Å². The average molecular weight is 376 g/mol. The van der Waals surface area contributed by atoms with Gasteiger partial charge >= 0.3 is 5.69 Å². The number of carbonyl (C=O) groups excluding carboxylic acids is 1. The molecule has 7 nitrogen and oxygen atoms in total. The Kier molecular flexibility index (Phi) is 6.16. The van der Waals surface area contributed by atoms with Crippen LogP contribution in [-0.4, -0.2) is 39.1 Å². The minimum atomic E-state index is -0.270. The number of aromatic nitrogens is 3. The van der Waals surface area contributed by atoms with Crippen molar-refractivity contribution >= 4 is 23.4 Å². The van der Waals surface area contributed by atoms with Crippen LogP contribution in [0.3, 0.4) is 0 Å². The molecule has 0 radical (unpaired) electrons. The Morgan fingerprint density at radius 1 is 1.46 bits per heavy atom. The van der Waals surface area contributed by atoms with Crippen molar-refractivity contribution in [2.24, 2.45) is 0 Å². The van der Waals surface area contributed by atoms with Crippen molar-refractivity contribution in [2.45, 2.75) is 50.4 Å². The number of nitrogens with one attached hydrogen (secondary N) is 2. The Labute approximate surface area is 156 Å². The molecular formula is C18H24N4O3S. The third-order valence-corrected chi connectivity index (χ3v) is 5.30. The molecule has 0 spiro atoms. The predicted octanol–water partition coefficient (Wildman–Crippen LogP) is 2.60. The second kappa shape index (κ2) is 8.55. The molecule has 140 valence electrons. The van der Waals surface area contributed by atoms with Crippen LogP contribution in [0, 0.1) is 0 Å². The SMILES string of the molecule is CC(C)c1ccccc1NC(=O)CSc1n[nH]c(=O)n1C[C@@H]1CCCO1. The maximum absolute atomic E-state index is 12.3. The van der Waals surface area contributed by atoms with Crippen LogP contribution in [-0.2, 0) is 16.1 Å². The molecule has 1 amide bonds. The van der Waals surface area contributed by atoms with Gasteiger partial charge in [-0.15, -0.1) is 5.10 Å². The molecule has 3 rings (SSSR count). The number of hydrogen-bond donors (Lipinski definition) is 2. The first kappa shape index (κ1) is 18.7. The van der Waals surface area contributed by atoms with Crippen LogP contribution in [0.4, 0.5) is 5.69 Å². The monoisotopic (exact) mass is 376 g/mol. The first-order valence-corrected chi connectivity index (χ1v) is 9.81. The number of thioether (sulfide) groups is 1. The first-order valence-electron chi connectivity index (χ1n) is 8.83. The number of hydrogen-bond acceptors (Lipinski definition) is 5. The van der Waals surface area contributed by atoms with Gasteiger partial charge in [0.2, 0.25) is 5.91 Å². The molecule has 0 aliphatic carbocycles. The highest BCUT2D eigenvalue weighted by Crippen LogP contribution is 2.24.